The number of hydrogen-bond acceptors (Lipinski definition) is 7. The normalized spacial score (nSPS) is 13.8. The molecule has 0 fully saturated rings. The summed E-state index contributed by atoms with van der Waals surface area (Å²) in [5.41, 5.74) is 3.38. The van der Waals surface area contributed by atoms with Crippen molar-refractivity contribution in [3.05, 3.63) is 58.2 Å². The van der Waals surface area contributed by atoms with Crippen molar-refractivity contribution < 1.29 is 14.3 Å². The lowest BCUT2D eigenvalue weighted by Gasteiger charge is -2.13. The summed E-state index contributed by atoms with van der Waals surface area (Å²) in [7, 11) is 1.38. The van der Waals surface area contributed by atoms with Crippen LogP contribution in [0.3, 0.4) is 0 Å². The van der Waals surface area contributed by atoms with E-state index in [4.69, 9.17) is 4.74 Å². The van der Waals surface area contributed by atoms with Gasteiger partial charge in [-0.1, -0.05) is 42.1 Å². The van der Waals surface area contributed by atoms with Crippen LogP contribution in [0.1, 0.15) is 46.4 Å². The van der Waals surface area contributed by atoms with Crippen LogP contribution in [0.2, 0.25) is 0 Å². The van der Waals surface area contributed by atoms with Crippen LogP contribution < -0.4 is 5.32 Å². The number of esters is 1. The van der Waals surface area contributed by atoms with Crippen LogP contribution in [0.5, 0.6) is 0 Å². The van der Waals surface area contributed by atoms with E-state index in [0.29, 0.717) is 16.4 Å². The molecule has 0 aliphatic heterocycles. The van der Waals surface area contributed by atoms with Crippen LogP contribution in [-0.4, -0.2) is 34.2 Å². The molecular formula is C24H25N3O3S2. The summed E-state index contributed by atoms with van der Waals surface area (Å²) in [6.07, 6.45) is 3.93. The molecule has 0 radical (unpaired) electrons. The summed E-state index contributed by atoms with van der Waals surface area (Å²) < 4.78 is 5.00. The fraction of sp³-hybridized carbons (Fsp3) is 0.333. The molecule has 1 aromatic carbocycles. The number of aryl methyl sites for hydroxylation is 2. The van der Waals surface area contributed by atoms with E-state index in [-0.39, 0.29) is 11.9 Å². The third-order valence-corrected chi connectivity index (χ3v) is 7.57. The van der Waals surface area contributed by atoms with E-state index < -0.39 is 5.25 Å². The number of nitrogens with one attached hydrogen (secondary N) is 1. The number of rotatable bonds is 6. The Bertz CT molecular complexity index is 1140. The average Bonchev–Trinajstić information content (AvgIpc) is 3.16. The number of nitrogens with zero attached hydrogens (tertiary/aromatic N) is 2. The molecule has 0 saturated carbocycles. The summed E-state index contributed by atoms with van der Waals surface area (Å²) in [5, 5.41) is 3.90. The molecule has 3 aromatic rings. The Morgan fingerprint density at radius 1 is 1.16 bits per heavy atom. The lowest BCUT2D eigenvalue weighted by atomic mass is 9.95. The first-order chi connectivity index (χ1) is 15.5. The Morgan fingerprint density at radius 3 is 2.66 bits per heavy atom. The fourth-order valence-electron chi connectivity index (χ4n) is 3.78. The summed E-state index contributed by atoms with van der Waals surface area (Å²) in [5.74, 6) is 0.0931. The number of ether oxygens (including phenoxy) is 1. The van der Waals surface area contributed by atoms with Gasteiger partial charge in [0.25, 0.3) is 0 Å². The molecular weight excluding hydrogens is 442 g/mol. The number of carbonyl (C=O) groups excluding carboxylic acids is 2. The fourth-order valence-corrected chi connectivity index (χ4v) is 5.95. The van der Waals surface area contributed by atoms with E-state index in [1.807, 2.05) is 50.2 Å². The van der Waals surface area contributed by atoms with Gasteiger partial charge in [-0.3, -0.25) is 4.79 Å². The molecule has 1 aliphatic rings. The molecule has 2 heterocycles. The van der Waals surface area contributed by atoms with Crippen LogP contribution in [0.15, 0.2) is 41.4 Å². The van der Waals surface area contributed by atoms with Crippen molar-refractivity contribution >= 4 is 40.0 Å². The van der Waals surface area contributed by atoms with Crippen LogP contribution in [0, 0.1) is 6.92 Å². The summed E-state index contributed by atoms with van der Waals surface area (Å²) in [6, 6.07) is 11.8. The number of benzene rings is 1. The predicted octanol–water partition coefficient (Wildman–Crippen LogP) is 5.30. The maximum absolute atomic E-state index is 13.0. The number of thioether (sulfide) groups is 1. The highest BCUT2D eigenvalue weighted by Crippen LogP contribution is 2.39. The molecule has 32 heavy (non-hydrogen) atoms. The summed E-state index contributed by atoms with van der Waals surface area (Å²) >= 11 is 2.87. The van der Waals surface area contributed by atoms with Gasteiger partial charge in [0.2, 0.25) is 5.91 Å². The van der Waals surface area contributed by atoms with Crippen LogP contribution >= 0.6 is 23.1 Å². The van der Waals surface area contributed by atoms with Gasteiger partial charge in [0.15, 0.2) is 0 Å². The van der Waals surface area contributed by atoms with Crippen molar-refractivity contribution in [2.24, 2.45) is 0 Å². The first-order valence-electron chi connectivity index (χ1n) is 10.6. The minimum Gasteiger partial charge on any atom is -0.465 e. The van der Waals surface area contributed by atoms with Gasteiger partial charge in [0, 0.05) is 10.4 Å². The molecule has 166 valence electrons. The van der Waals surface area contributed by atoms with Gasteiger partial charge in [0.05, 0.1) is 23.6 Å². The molecule has 0 saturated heterocycles. The molecule has 1 amide bonds. The van der Waals surface area contributed by atoms with Gasteiger partial charge in [-0.05, 0) is 51.2 Å². The number of thiophene rings is 1. The van der Waals surface area contributed by atoms with E-state index in [0.717, 1.165) is 47.5 Å². The maximum Gasteiger partial charge on any atom is 0.341 e. The number of fused-ring (bicyclic) bond motifs is 1. The van der Waals surface area contributed by atoms with Gasteiger partial charge in [-0.25, -0.2) is 14.8 Å². The van der Waals surface area contributed by atoms with Crippen LogP contribution in [0.4, 0.5) is 5.00 Å². The van der Waals surface area contributed by atoms with Crippen LogP contribution in [0.25, 0.3) is 11.3 Å². The Hall–Kier alpha value is -2.71. The maximum atomic E-state index is 13.0. The van der Waals surface area contributed by atoms with E-state index in [2.05, 4.69) is 15.3 Å². The highest BCUT2D eigenvalue weighted by molar-refractivity contribution is 8.00. The SMILES string of the molecule is COC(=O)c1c(NC(=O)C(C)Sc2cc(-c3ccccc3)nc(C)n2)sc2c1CCCC2. The summed E-state index contributed by atoms with van der Waals surface area (Å²) in [6.45, 7) is 3.69. The van der Waals surface area contributed by atoms with Crippen molar-refractivity contribution in [2.75, 3.05) is 12.4 Å². The van der Waals surface area contributed by atoms with Crippen LogP contribution in [-0.2, 0) is 22.4 Å². The Morgan fingerprint density at radius 2 is 1.91 bits per heavy atom. The largest absolute Gasteiger partial charge is 0.465 e. The van der Waals surface area contributed by atoms with Crippen molar-refractivity contribution in [3.63, 3.8) is 0 Å². The van der Waals surface area contributed by atoms with Gasteiger partial charge in [-0.2, -0.15) is 0 Å². The highest BCUT2D eigenvalue weighted by atomic mass is 32.2. The average molecular weight is 468 g/mol. The van der Waals surface area contributed by atoms with Gasteiger partial charge >= 0.3 is 5.97 Å². The first kappa shape index (κ1) is 22.5. The number of carbonyl (C=O) groups is 2. The molecule has 0 spiro atoms. The van der Waals surface area contributed by atoms with E-state index in [9.17, 15) is 9.59 Å². The smallest absolute Gasteiger partial charge is 0.341 e. The number of amides is 1. The number of hydrogen-bond donors (Lipinski definition) is 1. The third-order valence-electron chi connectivity index (χ3n) is 5.35. The molecule has 2 aromatic heterocycles. The second-order valence-corrected chi connectivity index (χ2v) is 10.1. The zero-order chi connectivity index (χ0) is 22.7. The monoisotopic (exact) mass is 467 g/mol. The minimum absolute atomic E-state index is 0.170. The lowest BCUT2D eigenvalue weighted by molar-refractivity contribution is -0.115. The predicted molar refractivity (Wildman–Crippen MR) is 128 cm³/mol. The third kappa shape index (κ3) is 4.86. The number of aromatic nitrogens is 2. The molecule has 1 aliphatic carbocycles. The Balaban J connectivity index is 1.53. The standard InChI is InChI=1S/C24H25N3O3S2/c1-14(31-20-13-18(25-15(2)26-20)16-9-5-4-6-10-16)22(28)27-23-21(24(29)30-3)17-11-7-8-12-19(17)32-23/h4-6,9-10,13-14H,7-8,11-12H2,1-3H3,(H,27,28). The number of anilines is 1. The van der Waals surface area contributed by atoms with Gasteiger partial charge in [0.1, 0.15) is 15.9 Å². The Labute approximate surface area is 195 Å². The molecule has 4 rings (SSSR count). The molecule has 1 atom stereocenters. The first-order valence-corrected chi connectivity index (χ1v) is 12.3. The molecule has 1 N–H and O–H groups in total. The second kappa shape index (κ2) is 9.83. The van der Waals surface area contributed by atoms with E-state index >= 15 is 0 Å². The van der Waals surface area contributed by atoms with Gasteiger partial charge < -0.3 is 10.1 Å². The van der Waals surface area contributed by atoms with Crippen molar-refractivity contribution in [1.82, 2.24) is 9.97 Å². The Kier molecular flexibility index (Phi) is 6.91. The number of methoxy groups -OCH3 is 1. The second-order valence-electron chi connectivity index (χ2n) is 7.66. The zero-order valence-electron chi connectivity index (χ0n) is 18.3. The highest BCUT2D eigenvalue weighted by Gasteiger charge is 2.28. The van der Waals surface area contributed by atoms with E-state index in [1.165, 1.54) is 35.1 Å². The van der Waals surface area contributed by atoms with Gasteiger partial charge in [-0.15, -0.1) is 11.3 Å². The molecule has 8 heteroatoms. The van der Waals surface area contributed by atoms with Crippen molar-refractivity contribution in [1.29, 1.82) is 0 Å². The van der Waals surface area contributed by atoms with Crippen molar-refractivity contribution in [2.45, 2.75) is 49.8 Å². The van der Waals surface area contributed by atoms with Crippen molar-refractivity contribution in [3.8, 4) is 11.3 Å². The molecule has 0 bridgehead atoms. The quantitative estimate of drug-likeness (QED) is 0.301. The molecule has 1 unspecified atom stereocenters. The lowest BCUT2D eigenvalue weighted by Crippen LogP contribution is -2.23. The van der Waals surface area contributed by atoms with E-state index in [1.54, 1.807) is 0 Å². The zero-order valence-corrected chi connectivity index (χ0v) is 19.9. The molecule has 6 nitrogen and oxygen atoms in total. The topological polar surface area (TPSA) is 81.2 Å². The summed E-state index contributed by atoms with van der Waals surface area (Å²) in [4.78, 5) is 35.6. The minimum atomic E-state index is -0.405.